The van der Waals surface area contributed by atoms with E-state index in [1.54, 1.807) is 12.4 Å². The number of pyridine rings is 1. The predicted octanol–water partition coefficient (Wildman–Crippen LogP) is 3.30. The molecule has 24 heavy (non-hydrogen) atoms. The van der Waals surface area contributed by atoms with Crippen LogP contribution in [0.1, 0.15) is 30.3 Å². The van der Waals surface area contributed by atoms with Crippen LogP contribution in [0.25, 0.3) is 10.9 Å². The van der Waals surface area contributed by atoms with E-state index in [0.717, 1.165) is 29.4 Å². The van der Waals surface area contributed by atoms with Crippen LogP contribution in [0.2, 0.25) is 0 Å². The van der Waals surface area contributed by atoms with Crippen LogP contribution in [-0.4, -0.2) is 27.4 Å². The van der Waals surface area contributed by atoms with E-state index in [4.69, 9.17) is 0 Å². The smallest absolute Gasteiger partial charge is 0.271 e. The Labute approximate surface area is 140 Å². The molecule has 0 bridgehead atoms. The Kier molecular flexibility index (Phi) is 4.96. The fourth-order valence-electron chi connectivity index (χ4n) is 2.32. The highest BCUT2D eigenvalue weighted by Gasteiger charge is 2.08. The number of aromatic nitrogens is 3. The van der Waals surface area contributed by atoms with Crippen LogP contribution in [0.4, 0.5) is 11.5 Å². The summed E-state index contributed by atoms with van der Waals surface area (Å²) >= 11 is 0. The van der Waals surface area contributed by atoms with Gasteiger partial charge in [-0.25, -0.2) is 9.97 Å². The number of hydrogen-bond acceptors (Lipinski definition) is 5. The highest BCUT2D eigenvalue weighted by molar-refractivity contribution is 5.93. The van der Waals surface area contributed by atoms with E-state index in [1.165, 1.54) is 6.20 Å². The molecule has 2 N–H and O–H groups in total. The maximum atomic E-state index is 11.9. The molecule has 3 aromatic rings. The summed E-state index contributed by atoms with van der Waals surface area (Å²) in [7, 11) is 0. The molecule has 2 aromatic heterocycles. The lowest BCUT2D eigenvalue weighted by atomic mass is 10.2. The minimum atomic E-state index is -0.200. The van der Waals surface area contributed by atoms with Gasteiger partial charge in [-0.15, -0.1) is 0 Å². The molecule has 0 saturated carbocycles. The molecule has 0 saturated heterocycles. The van der Waals surface area contributed by atoms with E-state index in [9.17, 15) is 4.79 Å². The standard InChI is InChI=1S/C18H19N5O/c1-2-3-9-20-18(24)15-11-22-16(12-21-15)23-14-8-4-6-13-7-5-10-19-17(13)14/h4-8,10-12H,2-3,9H2,1H3,(H,20,24)(H,22,23). The summed E-state index contributed by atoms with van der Waals surface area (Å²) in [5.74, 6) is 0.368. The average molecular weight is 321 g/mol. The number of carbonyl (C=O) groups excluding carboxylic acids is 1. The molecule has 1 aromatic carbocycles. The zero-order valence-electron chi connectivity index (χ0n) is 13.5. The molecule has 0 aliphatic carbocycles. The molecule has 0 spiro atoms. The molecule has 3 rings (SSSR count). The molecule has 0 aliphatic rings. The first-order valence-corrected chi connectivity index (χ1v) is 7.99. The van der Waals surface area contributed by atoms with Crippen molar-refractivity contribution in [3.63, 3.8) is 0 Å². The number of para-hydroxylation sites is 1. The van der Waals surface area contributed by atoms with Crippen molar-refractivity contribution in [2.75, 3.05) is 11.9 Å². The lowest BCUT2D eigenvalue weighted by Crippen LogP contribution is -2.25. The third-order valence-corrected chi connectivity index (χ3v) is 3.60. The second kappa shape index (κ2) is 7.50. The first-order valence-electron chi connectivity index (χ1n) is 7.99. The van der Waals surface area contributed by atoms with Gasteiger partial charge in [0.05, 0.1) is 23.6 Å². The van der Waals surface area contributed by atoms with Crippen LogP contribution in [0.3, 0.4) is 0 Å². The molecule has 6 nitrogen and oxygen atoms in total. The van der Waals surface area contributed by atoms with Crippen molar-refractivity contribution >= 4 is 28.3 Å². The van der Waals surface area contributed by atoms with Gasteiger partial charge in [-0.2, -0.15) is 0 Å². The third kappa shape index (κ3) is 3.65. The first-order chi connectivity index (χ1) is 11.8. The molecule has 0 fully saturated rings. The molecule has 0 unspecified atom stereocenters. The Hall–Kier alpha value is -3.02. The van der Waals surface area contributed by atoms with Gasteiger partial charge in [-0.1, -0.05) is 31.5 Å². The summed E-state index contributed by atoms with van der Waals surface area (Å²) in [4.78, 5) is 24.8. The number of unbranched alkanes of at least 4 members (excludes halogenated alkanes) is 1. The van der Waals surface area contributed by atoms with Gasteiger partial charge in [0.25, 0.3) is 5.91 Å². The van der Waals surface area contributed by atoms with Crippen LogP contribution in [0, 0.1) is 0 Å². The monoisotopic (exact) mass is 321 g/mol. The number of benzene rings is 1. The van der Waals surface area contributed by atoms with E-state index >= 15 is 0 Å². The van der Waals surface area contributed by atoms with Crippen LogP contribution in [0.5, 0.6) is 0 Å². The Morgan fingerprint density at radius 2 is 1.96 bits per heavy atom. The van der Waals surface area contributed by atoms with Crippen molar-refractivity contribution in [3.8, 4) is 0 Å². The van der Waals surface area contributed by atoms with Crippen LogP contribution in [0.15, 0.2) is 48.9 Å². The molecular formula is C18H19N5O. The largest absolute Gasteiger partial charge is 0.351 e. The number of carbonyl (C=O) groups is 1. The Balaban J connectivity index is 1.73. The summed E-state index contributed by atoms with van der Waals surface area (Å²) in [6, 6.07) is 9.79. The number of hydrogen-bond donors (Lipinski definition) is 2. The van der Waals surface area contributed by atoms with Crippen LogP contribution >= 0.6 is 0 Å². The second-order valence-corrected chi connectivity index (χ2v) is 5.40. The lowest BCUT2D eigenvalue weighted by molar-refractivity contribution is 0.0948. The number of nitrogens with one attached hydrogen (secondary N) is 2. The molecule has 122 valence electrons. The van der Waals surface area contributed by atoms with E-state index < -0.39 is 0 Å². The van der Waals surface area contributed by atoms with E-state index in [2.05, 4.69) is 32.5 Å². The van der Waals surface area contributed by atoms with Crippen LogP contribution in [-0.2, 0) is 0 Å². The highest BCUT2D eigenvalue weighted by atomic mass is 16.1. The van der Waals surface area contributed by atoms with Crippen molar-refractivity contribution in [1.29, 1.82) is 0 Å². The van der Waals surface area contributed by atoms with E-state index in [-0.39, 0.29) is 5.91 Å². The summed E-state index contributed by atoms with van der Waals surface area (Å²) in [5.41, 5.74) is 2.03. The first kappa shape index (κ1) is 15.9. The Morgan fingerprint density at radius 3 is 2.75 bits per heavy atom. The quantitative estimate of drug-likeness (QED) is 0.681. The molecule has 2 heterocycles. The molecule has 1 amide bonds. The predicted molar refractivity (Wildman–Crippen MR) is 94.3 cm³/mol. The van der Waals surface area contributed by atoms with E-state index in [1.807, 2.05) is 30.3 Å². The molecule has 0 atom stereocenters. The molecular weight excluding hydrogens is 302 g/mol. The summed E-state index contributed by atoms with van der Waals surface area (Å²) in [6.07, 6.45) is 6.77. The van der Waals surface area contributed by atoms with Gasteiger partial charge in [0.1, 0.15) is 11.5 Å². The molecule has 0 radical (unpaired) electrons. The number of nitrogens with zero attached hydrogens (tertiary/aromatic N) is 3. The van der Waals surface area contributed by atoms with Gasteiger partial charge >= 0.3 is 0 Å². The minimum absolute atomic E-state index is 0.200. The van der Waals surface area contributed by atoms with Crippen molar-refractivity contribution < 1.29 is 4.79 Å². The molecule has 6 heteroatoms. The lowest BCUT2D eigenvalue weighted by Gasteiger charge is -2.08. The van der Waals surface area contributed by atoms with Gasteiger partial charge in [0, 0.05) is 18.1 Å². The summed E-state index contributed by atoms with van der Waals surface area (Å²) < 4.78 is 0. The average Bonchev–Trinajstić information content (AvgIpc) is 2.63. The fourth-order valence-corrected chi connectivity index (χ4v) is 2.32. The Bertz CT molecular complexity index is 827. The summed E-state index contributed by atoms with van der Waals surface area (Å²) in [5, 5.41) is 7.06. The van der Waals surface area contributed by atoms with Crippen molar-refractivity contribution in [2.45, 2.75) is 19.8 Å². The highest BCUT2D eigenvalue weighted by Crippen LogP contribution is 2.23. The van der Waals surface area contributed by atoms with Crippen molar-refractivity contribution in [3.05, 3.63) is 54.6 Å². The van der Waals surface area contributed by atoms with Gasteiger partial charge in [0.15, 0.2) is 0 Å². The summed E-state index contributed by atoms with van der Waals surface area (Å²) in [6.45, 7) is 2.73. The zero-order valence-corrected chi connectivity index (χ0v) is 13.5. The number of fused-ring (bicyclic) bond motifs is 1. The number of rotatable bonds is 6. The normalized spacial score (nSPS) is 10.5. The number of amides is 1. The molecule has 0 aliphatic heterocycles. The van der Waals surface area contributed by atoms with Gasteiger partial charge in [0.2, 0.25) is 0 Å². The second-order valence-electron chi connectivity index (χ2n) is 5.40. The van der Waals surface area contributed by atoms with E-state index in [0.29, 0.717) is 18.1 Å². The zero-order chi connectivity index (χ0) is 16.8. The maximum Gasteiger partial charge on any atom is 0.271 e. The van der Waals surface area contributed by atoms with Gasteiger partial charge < -0.3 is 10.6 Å². The maximum absolute atomic E-state index is 11.9. The number of anilines is 2. The van der Waals surface area contributed by atoms with Crippen molar-refractivity contribution in [2.24, 2.45) is 0 Å². The van der Waals surface area contributed by atoms with Crippen molar-refractivity contribution in [1.82, 2.24) is 20.3 Å². The minimum Gasteiger partial charge on any atom is -0.351 e. The third-order valence-electron chi connectivity index (χ3n) is 3.60. The Morgan fingerprint density at radius 1 is 1.08 bits per heavy atom. The fraction of sp³-hybridized carbons (Fsp3) is 0.222. The topological polar surface area (TPSA) is 79.8 Å². The SMILES string of the molecule is CCCCNC(=O)c1cnc(Nc2cccc3cccnc23)cn1. The van der Waals surface area contributed by atoms with Gasteiger partial charge in [-0.05, 0) is 18.6 Å². The van der Waals surface area contributed by atoms with Gasteiger partial charge in [-0.3, -0.25) is 9.78 Å². The van der Waals surface area contributed by atoms with Crippen LogP contribution < -0.4 is 10.6 Å².